The number of esters is 1. The maximum Gasteiger partial charge on any atom is 0.305 e. The van der Waals surface area contributed by atoms with E-state index in [0.717, 1.165) is 12.8 Å². The van der Waals surface area contributed by atoms with Crippen molar-refractivity contribution in [3.05, 3.63) is 12.2 Å². The van der Waals surface area contributed by atoms with Crippen LogP contribution >= 0.6 is 0 Å². The molecule has 0 aromatic carbocycles. The summed E-state index contributed by atoms with van der Waals surface area (Å²) in [5, 5.41) is 0. The number of hydrogen-bond donors (Lipinski definition) is 0. The van der Waals surface area contributed by atoms with E-state index in [0.29, 0.717) is 13.0 Å². The molecule has 0 spiro atoms. The Morgan fingerprint density at radius 2 is 1.35 bits per heavy atom. The van der Waals surface area contributed by atoms with Gasteiger partial charge in [0.1, 0.15) is 0 Å². The van der Waals surface area contributed by atoms with Crippen molar-refractivity contribution in [2.24, 2.45) is 0 Å². The normalized spacial score (nSPS) is 11.1. The lowest BCUT2D eigenvalue weighted by Gasteiger charge is -2.00. The van der Waals surface area contributed by atoms with Crippen LogP contribution in [-0.4, -0.2) is 12.6 Å². The number of carbonyl (C=O) groups is 1. The van der Waals surface area contributed by atoms with Crippen LogP contribution in [0, 0.1) is 0 Å². The monoisotopic (exact) mass is 282 g/mol. The van der Waals surface area contributed by atoms with Crippen LogP contribution in [0.3, 0.4) is 0 Å². The average Bonchev–Trinajstić information content (AvgIpc) is 2.44. The van der Waals surface area contributed by atoms with Crippen LogP contribution in [0.25, 0.3) is 0 Å². The molecule has 0 fully saturated rings. The predicted molar refractivity (Wildman–Crippen MR) is 86.9 cm³/mol. The molecule has 0 aromatic rings. The topological polar surface area (TPSA) is 26.3 Å². The van der Waals surface area contributed by atoms with Gasteiger partial charge in [-0.3, -0.25) is 4.79 Å². The Balaban J connectivity index is 3.14. The fourth-order valence-electron chi connectivity index (χ4n) is 2.23. The number of hydrogen-bond acceptors (Lipinski definition) is 2. The van der Waals surface area contributed by atoms with Crippen molar-refractivity contribution in [1.82, 2.24) is 0 Å². The van der Waals surface area contributed by atoms with E-state index in [9.17, 15) is 4.79 Å². The van der Waals surface area contributed by atoms with Gasteiger partial charge in [-0.2, -0.15) is 0 Å². The van der Waals surface area contributed by atoms with Crippen LogP contribution in [0.5, 0.6) is 0 Å². The van der Waals surface area contributed by atoms with Crippen LogP contribution in [-0.2, 0) is 9.53 Å². The van der Waals surface area contributed by atoms with Gasteiger partial charge < -0.3 is 4.74 Å². The minimum absolute atomic E-state index is 0.0658. The summed E-state index contributed by atoms with van der Waals surface area (Å²) in [5.41, 5.74) is 0. The Bertz CT molecular complexity index is 234. The highest BCUT2D eigenvalue weighted by Gasteiger charge is 1.98. The molecule has 0 aliphatic heterocycles. The largest absolute Gasteiger partial charge is 0.466 e. The van der Waals surface area contributed by atoms with Crippen molar-refractivity contribution in [3.8, 4) is 0 Å². The minimum Gasteiger partial charge on any atom is -0.466 e. The molecule has 2 heteroatoms. The summed E-state index contributed by atoms with van der Waals surface area (Å²) in [6.07, 6.45) is 19.1. The first-order valence-corrected chi connectivity index (χ1v) is 8.61. The van der Waals surface area contributed by atoms with Crippen molar-refractivity contribution >= 4 is 5.97 Å². The fourth-order valence-corrected chi connectivity index (χ4v) is 2.23. The van der Waals surface area contributed by atoms with Gasteiger partial charge in [-0.05, 0) is 32.6 Å². The second-order valence-corrected chi connectivity index (χ2v) is 5.43. The molecule has 0 atom stereocenters. The molecule has 0 aliphatic rings. The van der Waals surface area contributed by atoms with Crippen molar-refractivity contribution in [2.75, 3.05) is 6.61 Å². The van der Waals surface area contributed by atoms with Crippen molar-refractivity contribution in [2.45, 2.75) is 90.9 Å². The highest BCUT2D eigenvalue weighted by Crippen LogP contribution is 2.10. The number of carbonyl (C=O) groups excluding carboxylic acids is 1. The lowest BCUT2D eigenvalue weighted by atomic mass is 10.1. The summed E-state index contributed by atoms with van der Waals surface area (Å²) in [5.74, 6) is -0.0658. The zero-order valence-electron chi connectivity index (χ0n) is 13.7. The number of rotatable bonds is 14. The van der Waals surface area contributed by atoms with Crippen LogP contribution < -0.4 is 0 Å². The van der Waals surface area contributed by atoms with E-state index in [-0.39, 0.29) is 5.97 Å². The molecule has 0 amide bonds. The first-order chi connectivity index (χ1) is 9.81. The molecule has 0 saturated heterocycles. The number of ether oxygens (including phenoxy) is 1. The summed E-state index contributed by atoms with van der Waals surface area (Å²) in [6.45, 7) is 4.60. The SMILES string of the molecule is CCCCCCCCCC/C=C\CCCC(=O)OCC. The molecule has 0 radical (unpaired) electrons. The molecular weight excluding hydrogens is 248 g/mol. The third-order valence-corrected chi connectivity index (χ3v) is 3.45. The third-order valence-electron chi connectivity index (χ3n) is 3.45. The van der Waals surface area contributed by atoms with Gasteiger partial charge in [-0.15, -0.1) is 0 Å². The van der Waals surface area contributed by atoms with E-state index in [4.69, 9.17) is 4.74 Å². The van der Waals surface area contributed by atoms with Crippen molar-refractivity contribution < 1.29 is 9.53 Å². The van der Waals surface area contributed by atoms with Gasteiger partial charge in [0, 0.05) is 6.42 Å². The lowest BCUT2D eigenvalue weighted by molar-refractivity contribution is -0.143. The Hall–Kier alpha value is -0.790. The summed E-state index contributed by atoms with van der Waals surface area (Å²) < 4.78 is 4.89. The molecule has 0 aromatic heterocycles. The number of allylic oxidation sites excluding steroid dienone is 2. The molecule has 0 unspecified atom stereocenters. The van der Waals surface area contributed by atoms with Crippen LogP contribution in [0.4, 0.5) is 0 Å². The van der Waals surface area contributed by atoms with Crippen LogP contribution in [0.15, 0.2) is 12.2 Å². The Labute approximate surface area is 126 Å². The molecule has 0 rings (SSSR count). The van der Waals surface area contributed by atoms with Gasteiger partial charge in [0.2, 0.25) is 0 Å². The third kappa shape index (κ3) is 15.3. The van der Waals surface area contributed by atoms with Gasteiger partial charge in [-0.1, -0.05) is 64.0 Å². The zero-order valence-corrected chi connectivity index (χ0v) is 13.7. The van der Waals surface area contributed by atoms with E-state index in [1.807, 2.05) is 6.92 Å². The first-order valence-electron chi connectivity index (χ1n) is 8.61. The van der Waals surface area contributed by atoms with Gasteiger partial charge >= 0.3 is 5.97 Å². The molecule has 0 bridgehead atoms. The molecule has 0 heterocycles. The molecule has 0 N–H and O–H groups in total. The van der Waals surface area contributed by atoms with Crippen molar-refractivity contribution in [3.63, 3.8) is 0 Å². The van der Waals surface area contributed by atoms with E-state index in [1.54, 1.807) is 0 Å². The molecule has 20 heavy (non-hydrogen) atoms. The molecule has 2 nitrogen and oxygen atoms in total. The predicted octanol–water partition coefficient (Wildman–Crippen LogP) is 5.81. The molecule has 0 aliphatic carbocycles. The fraction of sp³-hybridized carbons (Fsp3) is 0.833. The quantitative estimate of drug-likeness (QED) is 0.228. The average molecular weight is 282 g/mol. The summed E-state index contributed by atoms with van der Waals surface area (Å²) >= 11 is 0. The van der Waals surface area contributed by atoms with E-state index < -0.39 is 0 Å². The van der Waals surface area contributed by atoms with Crippen molar-refractivity contribution in [1.29, 1.82) is 0 Å². The highest BCUT2D eigenvalue weighted by molar-refractivity contribution is 5.69. The summed E-state index contributed by atoms with van der Waals surface area (Å²) in [4.78, 5) is 11.1. The van der Waals surface area contributed by atoms with Crippen LogP contribution in [0.1, 0.15) is 90.9 Å². The van der Waals surface area contributed by atoms with Gasteiger partial charge in [-0.25, -0.2) is 0 Å². The number of unbranched alkanes of at least 4 members (excludes halogenated alkanes) is 9. The second-order valence-electron chi connectivity index (χ2n) is 5.43. The standard InChI is InChI=1S/C18H34O2/c1-3-5-6-7-8-9-10-11-12-13-14-15-16-17-18(19)20-4-2/h13-14H,3-12,15-17H2,1-2H3/b14-13-. The summed E-state index contributed by atoms with van der Waals surface area (Å²) in [7, 11) is 0. The molecule has 0 saturated carbocycles. The molecule has 118 valence electrons. The second kappa shape index (κ2) is 16.3. The van der Waals surface area contributed by atoms with Crippen LogP contribution in [0.2, 0.25) is 0 Å². The highest BCUT2D eigenvalue weighted by atomic mass is 16.5. The van der Waals surface area contributed by atoms with Gasteiger partial charge in [0.15, 0.2) is 0 Å². The van der Waals surface area contributed by atoms with Gasteiger partial charge in [0.25, 0.3) is 0 Å². The minimum atomic E-state index is -0.0658. The van der Waals surface area contributed by atoms with Gasteiger partial charge in [0.05, 0.1) is 6.61 Å². The Morgan fingerprint density at radius 3 is 1.95 bits per heavy atom. The Morgan fingerprint density at radius 1 is 0.800 bits per heavy atom. The maximum atomic E-state index is 11.1. The maximum absolute atomic E-state index is 11.1. The molecular formula is C18H34O2. The zero-order chi connectivity index (χ0) is 14.9. The first kappa shape index (κ1) is 19.2. The van der Waals surface area contributed by atoms with E-state index in [1.165, 1.54) is 57.8 Å². The Kier molecular flexibility index (Phi) is 15.6. The smallest absolute Gasteiger partial charge is 0.305 e. The van der Waals surface area contributed by atoms with E-state index in [2.05, 4.69) is 19.1 Å². The van der Waals surface area contributed by atoms with E-state index >= 15 is 0 Å². The summed E-state index contributed by atoms with van der Waals surface area (Å²) in [6, 6.07) is 0. The lowest BCUT2D eigenvalue weighted by Crippen LogP contribution is -2.02.